The van der Waals surface area contributed by atoms with Gasteiger partial charge in [-0.3, -0.25) is 9.59 Å². The average Bonchev–Trinajstić information content (AvgIpc) is 3.26. The number of aliphatic hydroxyl groups is 12. The van der Waals surface area contributed by atoms with Crippen molar-refractivity contribution in [3.8, 4) is 0 Å². The van der Waals surface area contributed by atoms with Gasteiger partial charge < -0.3 is 102 Å². The van der Waals surface area contributed by atoms with E-state index < -0.39 is 37.7 Å². The van der Waals surface area contributed by atoms with Crippen LogP contribution in [0.1, 0.15) is 95.9 Å². The standard InChI is InChI=1S/2C20H35N3OS.6C2H6O2.5Ni.2H2O/c2*1-6-23(7-2)11-10-22(4)16-19-14-17(3)13-18(20(19)24)15-21-9-8-12-25-5;6*1-2(3)4;;;;;;;/h2*13-15,21H,6-12,16H2,1-5H3;6*2-4H,1H3;;;;;;2*1H2/q;;;;;;;;;;;2*+2;;. The Kier molecular flexibility index (Phi) is 108. The molecule has 0 fully saturated rings. The van der Waals surface area contributed by atoms with Gasteiger partial charge in [0.15, 0.2) is 11.6 Å². The van der Waals surface area contributed by atoms with E-state index in [4.69, 9.17) is 61.3 Å². The second-order valence-electron chi connectivity index (χ2n) is 16.9. The third kappa shape index (κ3) is 93.7. The van der Waals surface area contributed by atoms with E-state index in [2.05, 4.69) is 98.4 Å². The van der Waals surface area contributed by atoms with Crippen molar-refractivity contribution in [1.29, 1.82) is 0 Å². The van der Waals surface area contributed by atoms with Gasteiger partial charge in [0.05, 0.1) is 0 Å². The van der Waals surface area contributed by atoms with Crippen molar-refractivity contribution in [1.82, 2.24) is 30.2 Å². The van der Waals surface area contributed by atoms with Crippen molar-refractivity contribution in [2.24, 2.45) is 0 Å². The summed E-state index contributed by atoms with van der Waals surface area (Å²) in [6.07, 6.45) is 11.2. The SMILES string of the molecule is CC(O)O.CC(O)O.CC(O)O.CC(O)O.CC(O)O.CC(O)O.CCN(CC)CCN(C)CC1=CC(C)=CC(=CNCCCSC)C1=O.CCN(CC)CCN(C)CC1=CC(C)=CC(=CNCCCSC)C1=O.O.O.[Ni+2].[Ni+2].[Ni].[Ni].[Ni]. The van der Waals surface area contributed by atoms with Crippen LogP contribution in [0.4, 0.5) is 0 Å². The normalized spacial score (nSPS) is 12.9. The van der Waals surface area contributed by atoms with Crippen molar-refractivity contribution in [2.75, 3.05) is 117 Å². The Morgan fingerprint density at radius 2 is 0.691 bits per heavy atom. The van der Waals surface area contributed by atoms with E-state index in [-0.39, 0.29) is 105 Å². The topological polar surface area (TPSA) is 377 Å². The zero-order valence-corrected chi connectivity index (χ0v) is 57.2. The molecule has 0 aromatic heterocycles. The number of Topliss-reactive ketones (excluding diaryl/α,β-unsaturated/α-hetero) is 2. The second-order valence-corrected chi connectivity index (χ2v) is 18.9. The predicted octanol–water partition coefficient (Wildman–Crippen LogP) is 0.124. The number of nitrogens with one attached hydrogen (secondary N) is 2. The molecule has 81 heavy (non-hydrogen) atoms. The fourth-order valence-electron chi connectivity index (χ4n) is 5.65. The maximum atomic E-state index is 12.7. The first-order valence-electron chi connectivity index (χ1n) is 25.1. The molecule has 0 amide bonds. The van der Waals surface area contributed by atoms with Gasteiger partial charge in [-0.15, -0.1) is 0 Å². The van der Waals surface area contributed by atoms with E-state index in [0.717, 1.165) is 123 Å². The van der Waals surface area contributed by atoms with Gasteiger partial charge in [-0.05, 0) is 156 Å². The van der Waals surface area contributed by atoms with Gasteiger partial charge in [0.1, 0.15) is 37.7 Å². The molecule has 0 aliphatic heterocycles. The van der Waals surface area contributed by atoms with Crippen molar-refractivity contribution >= 4 is 35.1 Å². The monoisotopic (exact) mass is 1430 g/mol. The minimum Gasteiger partial charge on any atom is -0.412 e. The molecule has 0 saturated heterocycles. The number of allylic oxidation sites excluding steroid dienone is 8. The largest absolute Gasteiger partial charge is 2.00 e. The summed E-state index contributed by atoms with van der Waals surface area (Å²) in [5.74, 6) is 2.58. The zero-order valence-electron chi connectivity index (χ0n) is 50.6. The first-order chi connectivity index (χ1) is 34.4. The molecule has 0 atom stereocenters. The van der Waals surface area contributed by atoms with Crippen LogP contribution in [0.3, 0.4) is 0 Å². The fraction of sp³-hybridized carbons (Fsp3) is 0.731. The number of carbonyl (C=O) groups is 2. The molecule has 22 nitrogen and oxygen atoms in total. The van der Waals surface area contributed by atoms with Crippen LogP contribution in [0, 0.1) is 0 Å². The van der Waals surface area contributed by atoms with E-state index in [1.54, 1.807) is 0 Å². The Morgan fingerprint density at radius 3 is 0.889 bits per heavy atom. The molecule has 18 N–H and O–H groups in total. The van der Waals surface area contributed by atoms with Gasteiger partial charge in [0.25, 0.3) is 0 Å². The van der Waals surface area contributed by atoms with Gasteiger partial charge in [-0.1, -0.05) is 39.8 Å². The Balaban J connectivity index is -0.0000000696. The summed E-state index contributed by atoms with van der Waals surface area (Å²) >= 11 is 3.70. The van der Waals surface area contributed by atoms with E-state index in [0.29, 0.717) is 13.1 Å². The first kappa shape index (κ1) is 112. The van der Waals surface area contributed by atoms with Crippen LogP contribution in [0.25, 0.3) is 0 Å². The summed E-state index contributed by atoms with van der Waals surface area (Å²) in [7, 11) is 4.19. The fourth-order valence-corrected chi connectivity index (χ4v) is 6.52. The number of hydrogen-bond acceptors (Lipinski definition) is 22. The summed E-state index contributed by atoms with van der Waals surface area (Å²) in [5.41, 5.74) is 5.61. The predicted molar refractivity (Wildman–Crippen MR) is 313 cm³/mol. The minimum absolute atomic E-state index is 0. The number of carbonyl (C=O) groups excluding carboxylic acids is 2. The molecule has 0 unspecified atom stereocenters. The smallest absolute Gasteiger partial charge is 0.412 e. The Bertz CT molecular complexity index is 1400. The van der Waals surface area contributed by atoms with E-state index in [9.17, 15) is 9.59 Å². The molecule has 0 radical (unpaired) electrons. The number of likely N-dealkylation sites (N-methyl/N-ethyl adjacent to an activating group) is 4. The molecule has 2 aliphatic carbocycles. The maximum absolute atomic E-state index is 12.7. The van der Waals surface area contributed by atoms with E-state index in [1.807, 2.05) is 60.2 Å². The van der Waals surface area contributed by atoms with E-state index in [1.165, 1.54) is 41.5 Å². The van der Waals surface area contributed by atoms with Crippen LogP contribution >= 0.6 is 23.5 Å². The Morgan fingerprint density at radius 1 is 0.469 bits per heavy atom. The van der Waals surface area contributed by atoms with Crippen LogP contribution in [0.15, 0.2) is 70.1 Å². The summed E-state index contributed by atoms with van der Waals surface area (Å²) in [4.78, 5) is 34.7. The molecule has 502 valence electrons. The quantitative estimate of drug-likeness (QED) is 0.0264. The van der Waals surface area contributed by atoms with Crippen molar-refractivity contribution in [3.05, 3.63) is 70.1 Å². The van der Waals surface area contributed by atoms with Crippen LogP contribution in [-0.4, -0.2) is 258 Å². The van der Waals surface area contributed by atoms with Gasteiger partial charge in [0, 0.05) is 137 Å². The van der Waals surface area contributed by atoms with Gasteiger partial charge in [-0.2, -0.15) is 23.5 Å². The number of ketones is 2. The van der Waals surface area contributed by atoms with E-state index >= 15 is 0 Å². The van der Waals surface area contributed by atoms with Crippen molar-refractivity contribution in [2.45, 2.75) is 134 Å². The van der Waals surface area contributed by atoms with Crippen LogP contribution < -0.4 is 10.6 Å². The van der Waals surface area contributed by atoms with Gasteiger partial charge in [0.2, 0.25) is 0 Å². The number of aliphatic hydroxyl groups excluding tert-OH is 6. The molecule has 2 rings (SSSR count). The molecule has 0 aromatic carbocycles. The molecule has 29 heteroatoms. The molecule has 2 aliphatic rings. The third-order valence-electron chi connectivity index (χ3n) is 8.80. The summed E-state index contributed by atoms with van der Waals surface area (Å²) < 4.78 is 0. The molecule has 0 spiro atoms. The first-order valence-corrected chi connectivity index (χ1v) is 27.9. The van der Waals surface area contributed by atoms with Crippen LogP contribution in [0.5, 0.6) is 0 Å². The second kappa shape index (κ2) is 77.8. The molecule has 0 aromatic rings. The number of rotatable bonds is 24. The van der Waals surface area contributed by atoms with Gasteiger partial charge >= 0.3 is 33.0 Å². The van der Waals surface area contributed by atoms with Gasteiger partial charge in [-0.25, -0.2) is 0 Å². The van der Waals surface area contributed by atoms with Crippen LogP contribution in [0.2, 0.25) is 0 Å². The molecule has 0 heterocycles. The Labute approximate surface area is 546 Å². The minimum atomic E-state index is -1.17. The summed E-state index contributed by atoms with van der Waals surface area (Å²) in [5, 5.41) is 97.9. The molecule has 0 bridgehead atoms. The van der Waals surface area contributed by atoms with Crippen molar-refractivity contribution in [3.63, 3.8) is 0 Å². The number of thioether (sulfide) groups is 2. The number of nitrogens with zero attached hydrogens (tertiary/aromatic N) is 4. The molecular weight excluding hydrogens is 1320 g/mol. The summed E-state index contributed by atoms with van der Waals surface area (Å²) in [6.45, 7) is 32.1. The Hall–Kier alpha value is -0.172. The number of hydrogen-bond donors (Lipinski definition) is 14. The zero-order chi connectivity index (χ0) is 58.8. The third-order valence-corrected chi connectivity index (χ3v) is 10.2. The molecular formula is C52H110N6Ni5O16S2+4. The average molecular weight is 1430 g/mol. The molecule has 0 saturated carbocycles. The maximum Gasteiger partial charge on any atom is 2.00 e. The van der Waals surface area contributed by atoms with Crippen LogP contribution in [-0.2, 0) is 92.0 Å². The summed E-state index contributed by atoms with van der Waals surface area (Å²) in [6, 6.07) is 0. The van der Waals surface area contributed by atoms with Crippen molar-refractivity contribution < 1.29 is 164 Å².